The molecular weight excluding hydrogens is 300 g/mol. The van der Waals surface area contributed by atoms with Crippen LogP contribution in [0.4, 0.5) is 5.69 Å². The highest BCUT2D eigenvalue weighted by atomic mass is 32.2. The summed E-state index contributed by atoms with van der Waals surface area (Å²) in [6.07, 6.45) is -0.120. The van der Waals surface area contributed by atoms with Crippen LogP contribution in [0.25, 0.3) is 0 Å². The zero-order chi connectivity index (χ0) is 14.7. The Morgan fingerprint density at radius 2 is 2.30 bits per heavy atom. The third-order valence-electron chi connectivity index (χ3n) is 2.51. The number of hydrogen-bond acceptors (Lipinski definition) is 6. The molecule has 0 saturated carbocycles. The zero-order valence-corrected chi connectivity index (χ0v) is 12.0. The summed E-state index contributed by atoms with van der Waals surface area (Å²) in [6.45, 7) is 1.69. The molecule has 20 heavy (non-hydrogen) atoms. The first-order valence-electron chi connectivity index (χ1n) is 5.55. The Morgan fingerprint density at radius 3 is 2.95 bits per heavy atom. The molecule has 0 aliphatic carbocycles. The standard InChI is InChI=1S/C12H10N2O4S2/c1-7-9(14(17)18)3-2-4-10(7)20-12-13-8(6-19-12)5-11(15)16/h2-4,6H,5H2,1H3,(H,15,16). The first-order chi connectivity index (χ1) is 9.47. The molecule has 1 aromatic carbocycles. The van der Waals surface area contributed by atoms with E-state index in [0.717, 1.165) is 4.90 Å². The number of nitro groups is 1. The molecular formula is C12H10N2O4S2. The quantitative estimate of drug-likeness (QED) is 0.673. The second-order valence-corrected chi connectivity index (χ2v) is 6.08. The number of aromatic nitrogens is 1. The van der Waals surface area contributed by atoms with Crippen molar-refractivity contribution in [3.05, 3.63) is 45.0 Å². The van der Waals surface area contributed by atoms with Crippen LogP contribution in [0.3, 0.4) is 0 Å². The second kappa shape index (κ2) is 6.02. The summed E-state index contributed by atoms with van der Waals surface area (Å²) in [5.74, 6) is -0.932. The van der Waals surface area contributed by atoms with Gasteiger partial charge in [0.05, 0.1) is 17.0 Å². The molecule has 1 N–H and O–H groups in total. The third-order valence-corrected chi connectivity index (χ3v) is 4.66. The van der Waals surface area contributed by atoms with E-state index in [9.17, 15) is 14.9 Å². The van der Waals surface area contributed by atoms with E-state index in [1.165, 1.54) is 29.2 Å². The van der Waals surface area contributed by atoms with Crippen LogP contribution in [0, 0.1) is 17.0 Å². The van der Waals surface area contributed by atoms with E-state index in [-0.39, 0.29) is 12.1 Å². The van der Waals surface area contributed by atoms with Gasteiger partial charge in [0.15, 0.2) is 4.34 Å². The zero-order valence-electron chi connectivity index (χ0n) is 10.4. The Bertz CT molecular complexity index is 669. The van der Waals surface area contributed by atoms with Gasteiger partial charge in [-0.05, 0) is 13.0 Å². The second-order valence-electron chi connectivity index (χ2n) is 3.93. The van der Waals surface area contributed by atoms with E-state index in [1.54, 1.807) is 24.4 Å². The Labute approximate surface area is 122 Å². The molecule has 0 aliphatic rings. The van der Waals surface area contributed by atoms with E-state index in [0.29, 0.717) is 15.6 Å². The van der Waals surface area contributed by atoms with Crippen LogP contribution in [0.5, 0.6) is 0 Å². The van der Waals surface area contributed by atoms with E-state index in [1.807, 2.05) is 0 Å². The van der Waals surface area contributed by atoms with Crippen LogP contribution >= 0.6 is 23.1 Å². The first kappa shape index (κ1) is 14.5. The van der Waals surface area contributed by atoms with Crippen molar-refractivity contribution >= 4 is 34.8 Å². The number of carbonyl (C=O) groups is 1. The lowest BCUT2D eigenvalue weighted by Gasteiger charge is -2.03. The van der Waals surface area contributed by atoms with Gasteiger partial charge in [-0.1, -0.05) is 17.8 Å². The predicted octanol–water partition coefficient (Wildman–Crippen LogP) is 3.14. The molecule has 0 amide bonds. The molecule has 0 unspecified atom stereocenters. The van der Waals surface area contributed by atoms with Crippen molar-refractivity contribution in [3.63, 3.8) is 0 Å². The van der Waals surface area contributed by atoms with E-state index in [4.69, 9.17) is 5.11 Å². The van der Waals surface area contributed by atoms with Gasteiger partial charge in [0, 0.05) is 21.9 Å². The van der Waals surface area contributed by atoms with E-state index in [2.05, 4.69) is 4.98 Å². The summed E-state index contributed by atoms with van der Waals surface area (Å²) >= 11 is 2.63. The maximum Gasteiger partial charge on any atom is 0.309 e. The van der Waals surface area contributed by atoms with Crippen molar-refractivity contribution in [1.82, 2.24) is 4.98 Å². The number of aliphatic carboxylic acids is 1. The van der Waals surface area contributed by atoms with Crippen LogP contribution in [0.15, 0.2) is 32.8 Å². The van der Waals surface area contributed by atoms with Gasteiger partial charge >= 0.3 is 5.97 Å². The number of nitro benzene ring substituents is 1. The maximum atomic E-state index is 10.9. The van der Waals surface area contributed by atoms with Crippen molar-refractivity contribution in [2.75, 3.05) is 0 Å². The van der Waals surface area contributed by atoms with Crippen LogP contribution in [0.2, 0.25) is 0 Å². The highest BCUT2D eigenvalue weighted by Gasteiger charge is 2.15. The topological polar surface area (TPSA) is 93.3 Å². The number of rotatable bonds is 5. The minimum Gasteiger partial charge on any atom is -0.481 e. The minimum absolute atomic E-state index is 0.0670. The summed E-state index contributed by atoms with van der Waals surface area (Å²) in [5, 5.41) is 21.2. The number of thiazole rings is 1. The van der Waals surface area contributed by atoms with Crippen molar-refractivity contribution in [1.29, 1.82) is 0 Å². The minimum atomic E-state index is -0.932. The van der Waals surface area contributed by atoms with Gasteiger partial charge in [-0.2, -0.15) is 0 Å². The average Bonchev–Trinajstić information content (AvgIpc) is 2.78. The van der Waals surface area contributed by atoms with E-state index >= 15 is 0 Å². The normalized spacial score (nSPS) is 10.4. The Balaban J connectivity index is 2.22. The fourth-order valence-electron chi connectivity index (χ4n) is 1.58. The molecule has 0 spiro atoms. The van der Waals surface area contributed by atoms with Crippen LogP contribution in [0.1, 0.15) is 11.3 Å². The van der Waals surface area contributed by atoms with Crippen LogP contribution in [-0.4, -0.2) is 21.0 Å². The molecule has 8 heteroatoms. The summed E-state index contributed by atoms with van der Waals surface area (Å²) < 4.78 is 0.671. The van der Waals surface area contributed by atoms with Gasteiger partial charge in [-0.3, -0.25) is 14.9 Å². The van der Waals surface area contributed by atoms with Crippen molar-refractivity contribution in [2.24, 2.45) is 0 Å². The smallest absolute Gasteiger partial charge is 0.309 e. The molecule has 0 aliphatic heterocycles. The highest BCUT2D eigenvalue weighted by Crippen LogP contribution is 2.35. The fraction of sp³-hybridized carbons (Fsp3) is 0.167. The molecule has 0 saturated heterocycles. The SMILES string of the molecule is Cc1c(Sc2nc(CC(=O)O)cs2)cccc1[N+](=O)[O-]. The van der Waals surface area contributed by atoms with Gasteiger partial charge in [0.1, 0.15) is 0 Å². The molecule has 2 rings (SSSR count). The van der Waals surface area contributed by atoms with Crippen LogP contribution < -0.4 is 0 Å². The number of hydrogen-bond donors (Lipinski definition) is 1. The van der Waals surface area contributed by atoms with Gasteiger partial charge in [0.2, 0.25) is 0 Å². The number of carboxylic acids is 1. The molecule has 0 bridgehead atoms. The van der Waals surface area contributed by atoms with Crippen LogP contribution in [-0.2, 0) is 11.2 Å². The predicted molar refractivity (Wildman–Crippen MR) is 75.4 cm³/mol. The van der Waals surface area contributed by atoms with Crippen molar-refractivity contribution < 1.29 is 14.8 Å². The van der Waals surface area contributed by atoms with E-state index < -0.39 is 10.9 Å². The highest BCUT2D eigenvalue weighted by molar-refractivity contribution is 8.01. The monoisotopic (exact) mass is 310 g/mol. The molecule has 104 valence electrons. The van der Waals surface area contributed by atoms with Crippen molar-refractivity contribution in [3.8, 4) is 0 Å². The number of benzene rings is 1. The lowest BCUT2D eigenvalue weighted by molar-refractivity contribution is -0.385. The summed E-state index contributed by atoms with van der Waals surface area (Å²) in [7, 11) is 0. The molecule has 1 heterocycles. The molecule has 0 radical (unpaired) electrons. The van der Waals surface area contributed by atoms with Gasteiger partial charge < -0.3 is 5.11 Å². The lowest BCUT2D eigenvalue weighted by Crippen LogP contribution is -1.99. The summed E-state index contributed by atoms with van der Waals surface area (Å²) in [5.41, 5.74) is 1.14. The third kappa shape index (κ3) is 3.34. The largest absolute Gasteiger partial charge is 0.481 e. The van der Waals surface area contributed by atoms with Crippen molar-refractivity contribution in [2.45, 2.75) is 22.6 Å². The van der Waals surface area contributed by atoms with Gasteiger partial charge in [-0.15, -0.1) is 11.3 Å². The number of carboxylic acid groups (broad SMARTS) is 1. The van der Waals surface area contributed by atoms with Gasteiger partial charge in [-0.25, -0.2) is 4.98 Å². The molecule has 0 fully saturated rings. The average molecular weight is 310 g/mol. The first-order valence-corrected chi connectivity index (χ1v) is 7.25. The fourth-order valence-corrected chi connectivity index (χ4v) is 3.48. The maximum absolute atomic E-state index is 10.9. The molecule has 0 atom stereocenters. The Kier molecular flexibility index (Phi) is 4.35. The number of nitrogens with zero attached hydrogens (tertiary/aromatic N) is 2. The van der Waals surface area contributed by atoms with Gasteiger partial charge in [0.25, 0.3) is 5.69 Å². The Morgan fingerprint density at radius 1 is 1.55 bits per heavy atom. The lowest BCUT2D eigenvalue weighted by atomic mass is 10.2. The molecule has 6 nitrogen and oxygen atoms in total. The summed E-state index contributed by atoms with van der Waals surface area (Å²) in [6, 6.07) is 4.86. The molecule has 2 aromatic rings. The Hall–Kier alpha value is -1.93. The molecule has 1 aromatic heterocycles. The summed E-state index contributed by atoms with van der Waals surface area (Å²) in [4.78, 5) is 26.0.